The Kier molecular flexibility index (Phi) is 5.29. The number of nitrogens with zero attached hydrogens (tertiary/aromatic N) is 3. The van der Waals surface area contributed by atoms with E-state index in [1.54, 1.807) is 11.3 Å². The molecule has 2 aliphatic rings. The molecule has 0 amide bonds. The normalized spacial score (nSPS) is 19.9. The van der Waals surface area contributed by atoms with Gasteiger partial charge in [0, 0.05) is 31.1 Å². The van der Waals surface area contributed by atoms with Crippen LogP contribution in [0.5, 0.6) is 0 Å². The zero-order valence-electron chi connectivity index (χ0n) is 15.7. The Bertz CT molecular complexity index is 898. The molecule has 27 heavy (non-hydrogen) atoms. The van der Waals surface area contributed by atoms with Crippen molar-refractivity contribution in [3.05, 3.63) is 26.6 Å². The number of hydrogen-bond donors (Lipinski definition) is 2. The van der Waals surface area contributed by atoms with Crippen molar-refractivity contribution in [2.24, 2.45) is 0 Å². The number of piperazine rings is 1. The van der Waals surface area contributed by atoms with Crippen molar-refractivity contribution in [2.75, 3.05) is 26.2 Å². The van der Waals surface area contributed by atoms with Crippen molar-refractivity contribution in [3.63, 3.8) is 0 Å². The van der Waals surface area contributed by atoms with Crippen LogP contribution in [-0.4, -0.2) is 63.1 Å². The lowest BCUT2D eigenvalue weighted by Gasteiger charge is -2.37. The van der Waals surface area contributed by atoms with Gasteiger partial charge in [0.15, 0.2) is 0 Å². The summed E-state index contributed by atoms with van der Waals surface area (Å²) in [7, 11) is 0. The second-order valence-corrected chi connectivity index (χ2v) is 8.56. The van der Waals surface area contributed by atoms with E-state index < -0.39 is 12.0 Å². The largest absolute Gasteiger partial charge is 0.480 e. The summed E-state index contributed by atoms with van der Waals surface area (Å²) < 4.78 is 0. The molecule has 7 nitrogen and oxygen atoms in total. The lowest BCUT2D eigenvalue weighted by molar-refractivity contribution is -0.144. The van der Waals surface area contributed by atoms with E-state index in [1.807, 2.05) is 11.8 Å². The Morgan fingerprint density at radius 2 is 2.00 bits per heavy atom. The van der Waals surface area contributed by atoms with Crippen LogP contribution in [0.4, 0.5) is 0 Å². The number of thiophene rings is 1. The molecule has 2 aromatic rings. The van der Waals surface area contributed by atoms with Crippen LogP contribution in [0, 0.1) is 0 Å². The quantitative estimate of drug-likeness (QED) is 0.810. The molecule has 0 radical (unpaired) electrons. The highest BCUT2D eigenvalue weighted by Gasteiger charge is 2.28. The maximum absolute atomic E-state index is 12.6. The highest BCUT2D eigenvalue weighted by Crippen LogP contribution is 2.33. The Balaban J connectivity index is 1.47. The second-order valence-electron chi connectivity index (χ2n) is 7.48. The minimum atomic E-state index is -0.746. The zero-order valence-corrected chi connectivity index (χ0v) is 16.5. The molecular weight excluding hydrogens is 364 g/mol. The summed E-state index contributed by atoms with van der Waals surface area (Å²) >= 11 is 1.68. The highest BCUT2D eigenvalue weighted by molar-refractivity contribution is 7.18. The van der Waals surface area contributed by atoms with E-state index in [0.717, 1.165) is 55.7 Å². The summed E-state index contributed by atoms with van der Waals surface area (Å²) in [5.74, 6) is -0.0334. The van der Waals surface area contributed by atoms with Gasteiger partial charge in [0.1, 0.15) is 16.7 Å². The van der Waals surface area contributed by atoms with E-state index in [1.165, 1.54) is 16.9 Å². The third-order valence-corrected chi connectivity index (χ3v) is 6.95. The molecule has 1 unspecified atom stereocenters. The first-order chi connectivity index (χ1) is 13.1. The number of H-pyrrole nitrogens is 1. The summed E-state index contributed by atoms with van der Waals surface area (Å²) in [5.41, 5.74) is 1.21. The third-order valence-electron chi connectivity index (χ3n) is 5.77. The molecule has 146 valence electrons. The highest BCUT2D eigenvalue weighted by atomic mass is 32.1. The Morgan fingerprint density at radius 1 is 1.26 bits per heavy atom. The molecule has 1 aliphatic heterocycles. The third kappa shape index (κ3) is 3.66. The molecule has 8 heteroatoms. The average Bonchev–Trinajstić information content (AvgIpc) is 3.02. The number of carboxylic acid groups (broad SMARTS) is 1. The predicted molar refractivity (Wildman–Crippen MR) is 105 cm³/mol. The fraction of sp³-hybridized carbons (Fsp3) is 0.632. The molecule has 1 saturated heterocycles. The minimum absolute atomic E-state index is 0.00930. The number of fused-ring (bicyclic) bond motifs is 3. The van der Waals surface area contributed by atoms with Crippen molar-refractivity contribution in [1.29, 1.82) is 0 Å². The zero-order chi connectivity index (χ0) is 19.0. The number of aryl methyl sites for hydroxylation is 2. The molecule has 0 bridgehead atoms. The first kappa shape index (κ1) is 18.6. The molecule has 0 aromatic carbocycles. The standard InChI is InChI=1S/C19H26N4O3S/c1-2-13(19(25)26)23-9-7-22(8-10-23)11-15-20-17(24)16-12-5-3-4-6-14(12)27-18(16)21-15/h13H,2-11H2,1H3,(H,25,26)(H,20,21,24). The van der Waals surface area contributed by atoms with Crippen molar-refractivity contribution in [1.82, 2.24) is 19.8 Å². The molecule has 3 heterocycles. The number of aliphatic carboxylic acids is 1. The lowest BCUT2D eigenvalue weighted by Crippen LogP contribution is -2.52. The molecule has 1 fully saturated rings. The van der Waals surface area contributed by atoms with Crippen LogP contribution in [0.25, 0.3) is 10.2 Å². The Labute approximate surface area is 162 Å². The van der Waals surface area contributed by atoms with Crippen molar-refractivity contribution in [3.8, 4) is 0 Å². The smallest absolute Gasteiger partial charge is 0.320 e. The summed E-state index contributed by atoms with van der Waals surface area (Å²) in [6.07, 6.45) is 5.02. The topological polar surface area (TPSA) is 89.5 Å². The summed E-state index contributed by atoms with van der Waals surface area (Å²) in [6.45, 7) is 5.54. The number of carboxylic acids is 1. The number of aromatic amines is 1. The van der Waals surface area contributed by atoms with Gasteiger partial charge < -0.3 is 10.1 Å². The van der Waals surface area contributed by atoms with E-state index in [-0.39, 0.29) is 5.56 Å². The molecule has 1 aliphatic carbocycles. The molecule has 2 aromatic heterocycles. The van der Waals surface area contributed by atoms with E-state index in [9.17, 15) is 14.7 Å². The second kappa shape index (κ2) is 7.69. The molecule has 0 spiro atoms. The van der Waals surface area contributed by atoms with Crippen LogP contribution in [0.3, 0.4) is 0 Å². The van der Waals surface area contributed by atoms with Gasteiger partial charge in [-0.15, -0.1) is 11.3 Å². The van der Waals surface area contributed by atoms with Gasteiger partial charge in [0.2, 0.25) is 0 Å². The first-order valence-electron chi connectivity index (χ1n) is 9.79. The maximum Gasteiger partial charge on any atom is 0.320 e. The first-order valence-corrected chi connectivity index (χ1v) is 10.6. The minimum Gasteiger partial charge on any atom is -0.480 e. The summed E-state index contributed by atoms with van der Waals surface area (Å²) in [6, 6.07) is -0.404. The monoisotopic (exact) mass is 390 g/mol. The van der Waals surface area contributed by atoms with E-state index >= 15 is 0 Å². The van der Waals surface area contributed by atoms with Gasteiger partial charge in [0.25, 0.3) is 5.56 Å². The van der Waals surface area contributed by atoms with E-state index in [0.29, 0.717) is 18.8 Å². The van der Waals surface area contributed by atoms with Crippen molar-refractivity contribution < 1.29 is 9.90 Å². The van der Waals surface area contributed by atoms with Gasteiger partial charge in [-0.2, -0.15) is 0 Å². The molecule has 4 rings (SSSR count). The maximum atomic E-state index is 12.6. The fourth-order valence-corrected chi connectivity index (χ4v) is 5.60. The van der Waals surface area contributed by atoms with Crippen LogP contribution in [-0.2, 0) is 24.2 Å². The van der Waals surface area contributed by atoms with Crippen LogP contribution >= 0.6 is 11.3 Å². The van der Waals surface area contributed by atoms with E-state index in [2.05, 4.69) is 9.88 Å². The van der Waals surface area contributed by atoms with Gasteiger partial charge in [-0.05, 0) is 37.7 Å². The predicted octanol–water partition coefficient (Wildman–Crippen LogP) is 1.84. The van der Waals surface area contributed by atoms with Crippen LogP contribution < -0.4 is 5.56 Å². The van der Waals surface area contributed by atoms with Crippen LogP contribution in [0.15, 0.2) is 4.79 Å². The number of nitrogens with one attached hydrogen (secondary N) is 1. The van der Waals surface area contributed by atoms with Gasteiger partial charge in [-0.3, -0.25) is 19.4 Å². The Morgan fingerprint density at radius 3 is 2.70 bits per heavy atom. The average molecular weight is 391 g/mol. The molecular formula is C19H26N4O3S. The van der Waals surface area contributed by atoms with Gasteiger partial charge in [0.05, 0.1) is 11.9 Å². The van der Waals surface area contributed by atoms with Crippen LogP contribution in [0.1, 0.15) is 42.5 Å². The van der Waals surface area contributed by atoms with Crippen molar-refractivity contribution >= 4 is 27.5 Å². The van der Waals surface area contributed by atoms with E-state index in [4.69, 9.17) is 4.98 Å². The number of aromatic nitrogens is 2. The van der Waals surface area contributed by atoms with Gasteiger partial charge in [-0.1, -0.05) is 6.92 Å². The summed E-state index contributed by atoms with van der Waals surface area (Å²) in [4.78, 5) is 38.2. The van der Waals surface area contributed by atoms with Crippen molar-refractivity contribution in [2.45, 2.75) is 51.6 Å². The number of rotatable bonds is 5. The number of carbonyl (C=O) groups is 1. The number of hydrogen-bond acceptors (Lipinski definition) is 6. The van der Waals surface area contributed by atoms with Gasteiger partial charge >= 0.3 is 5.97 Å². The lowest BCUT2D eigenvalue weighted by atomic mass is 9.97. The van der Waals surface area contributed by atoms with Gasteiger partial charge in [-0.25, -0.2) is 4.98 Å². The Hall–Kier alpha value is -1.77. The molecule has 0 saturated carbocycles. The SMILES string of the molecule is CCC(C(=O)O)N1CCN(Cc2nc3sc4c(c3c(=O)[nH]2)CCCC4)CC1. The fourth-order valence-electron chi connectivity index (χ4n) is 4.32. The summed E-state index contributed by atoms with van der Waals surface area (Å²) in [5, 5.41) is 10.1. The molecule has 1 atom stereocenters. The molecule has 2 N–H and O–H groups in total. The van der Waals surface area contributed by atoms with Crippen LogP contribution in [0.2, 0.25) is 0 Å².